The predicted molar refractivity (Wildman–Crippen MR) is 90.5 cm³/mol. The van der Waals surface area contributed by atoms with Crippen molar-refractivity contribution >= 4 is 29.3 Å². The summed E-state index contributed by atoms with van der Waals surface area (Å²) >= 11 is 7.60. The largest absolute Gasteiger partial charge is 0.352 e. The number of benzene rings is 2. The van der Waals surface area contributed by atoms with E-state index in [-0.39, 0.29) is 5.91 Å². The molecule has 1 N–H and O–H groups in total. The summed E-state index contributed by atoms with van der Waals surface area (Å²) in [5, 5.41) is 3.63. The van der Waals surface area contributed by atoms with Gasteiger partial charge in [0, 0.05) is 29.5 Å². The van der Waals surface area contributed by atoms with Gasteiger partial charge in [0.15, 0.2) is 0 Å². The van der Waals surface area contributed by atoms with E-state index in [2.05, 4.69) is 17.4 Å². The minimum Gasteiger partial charge on any atom is -0.352 e. The molecule has 0 radical (unpaired) electrons. The molecule has 21 heavy (non-hydrogen) atoms. The van der Waals surface area contributed by atoms with Gasteiger partial charge in [-0.05, 0) is 23.3 Å². The summed E-state index contributed by atoms with van der Waals surface area (Å²) in [5.74, 6) is 1.87. The molecule has 0 fully saturated rings. The van der Waals surface area contributed by atoms with Crippen molar-refractivity contribution in [2.45, 2.75) is 18.7 Å². The lowest BCUT2D eigenvalue weighted by atomic mass is 10.2. The van der Waals surface area contributed by atoms with E-state index >= 15 is 0 Å². The molecule has 0 saturated carbocycles. The summed E-state index contributed by atoms with van der Waals surface area (Å²) in [6.45, 7) is 0.555. The van der Waals surface area contributed by atoms with Crippen molar-refractivity contribution in [3.8, 4) is 0 Å². The summed E-state index contributed by atoms with van der Waals surface area (Å²) < 4.78 is 0. The van der Waals surface area contributed by atoms with E-state index < -0.39 is 0 Å². The number of thioether (sulfide) groups is 1. The molecule has 1 amide bonds. The Hall–Kier alpha value is -1.45. The van der Waals surface area contributed by atoms with Gasteiger partial charge in [0.2, 0.25) is 5.91 Å². The number of carbonyl (C=O) groups excluding carboxylic acids is 1. The highest BCUT2D eigenvalue weighted by atomic mass is 35.5. The van der Waals surface area contributed by atoms with Crippen LogP contribution in [-0.4, -0.2) is 11.7 Å². The average molecular weight is 320 g/mol. The number of amides is 1. The molecule has 0 atom stereocenters. The van der Waals surface area contributed by atoms with Crippen LogP contribution in [0, 0.1) is 0 Å². The number of nitrogens with one attached hydrogen (secondary N) is 1. The van der Waals surface area contributed by atoms with Crippen molar-refractivity contribution in [2.24, 2.45) is 0 Å². The monoisotopic (exact) mass is 319 g/mol. The highest BCUT2D eigenvalue weighted by Gasteiger charge is 2.02. The van der Waals surface area contributed by atoms with E-state index in [1.807, 2.05) is 42.5 Å². The summed E-state index contributed by atoms with van der Waals surface area (Å²) in [7, 11) is 0. The fourth-order valence-corrected chi connectivity index (χ4v) is 2.85. The molecule has 0 unspecified atom stereocenters. The Kier molecular flexibility index (Phi) is 6.64. The Morgan fingerprint density at radius 3 is 2.43 bits per heavy atom. The van der Waals surface area contributed by atoms with E-state index in [0.29, 0.717) is 18.0 Å². The van der Waals surface area contributed by atoms with Crippen molar-refractivity contribution in [3.63, 3.8) is 0 Å². The summed E-state index contributed by atoms with van der Waals surface area (Å²) in [6, 6.07) is 17.8. The van der Waals surface area contributed by atoms with Gasteiger partial charge < -0.3 is 5.32 Å². The van der Waals surface area contributed by atoms with Crippen molar-refractivity contribution < 1.29 is 4.79 Å². The minimum absolute atomic E-state index is 0.0884. The molecule has 2 rings (SSSR count). The summed E-state index contributed by atoms with van der Waals surface area (Å²) in [5.41, 5.74) is 2.36. The second-order valence-electron chi connectivity index (χ2n) is 4.69. The van der Waals surface area contributed by atoms with E-state index in [1.54, 1.807) is 11.8 Å². The topological polar surface area (TPSA) is 29.1 Å². The Morgan fingerprint density at radius 1 is 1.00 bits per heavy atom. The fraction of sp³-hybridized carbons (Fsp3) is 0.235. The third-order valence-corrected chi connectivity index (χ3v) is 4.27. The third-order valence-electron chi connectivity index (χ3n) is 2.99. The van der Waals surface area contributed by atoms with Gasteiger partial charge in [0.05, 0.1) is 0 Å². The molecule has 0 spiro atoms. The quantitative estimate of drug-likeness (QED) is 0.772. The molecular formula is C17H18ClNOS. The molecule has 0 aliphatic heterocycles. The minimum atomic E-state index is 0.0884. The summed E-state index contributed by atoms with van der Waals surface area (Å²) in [6.07, 6.45) is 0.547. The summed E-state index contributed by atoms with van der Waals surface area (Å²) in [4.78, 5) is 11.7. The number of carbonyl (C=O) groups is 1. The average Bonchev–Trinajstić information content (AvgIpc) is 2.52. The molecule has 2 nitrogen and oxygen atoms in total. The molecule has 2 aromatic carbocycles. The maximum Gasteiger partial charge on any atom is 0.221 e. The van der Waals surface area contributed by atoms with Crippen LogP contribution in [0.1, 0.15) is 17.5 Å². The van der Waals surface area contributed by atoms with Crippen LogP contribution in [0.2, 0.25) is 5.02 Å². The number of rotatable bonds is 7. The van der Waals surface area contributed by atoms with Gasteiger partial charge in [-0.1, -0.05) is 54.1 Å². The second-order valence-corrected chi connectivity index (χ2v) is 6.23. The first kappa shape index (κ1) is 15.9. The smallest absolute Gasteiger partial charge is 0.221 e. The molecule has 4 heteroatoms. The number of halogens is 1. The highest BCUT2D eigenvalue weighted by molar-refractivity contribution is 7.98. The SMILES string of the molecule is O=C(CCSCc1ccccc1)NCc1ccc(Cl)cc1. The fourth-order valence-electron chi connectivity index (χ4n) is 1.82. The van der Waals surface area contributed by atoms with Gasteiger partial charge in [-0.3, -0.25) is 4.79 Å². The predicted octanol–water partition coefficient (Wildman–Crippen LogP) is 4.28. The lowest BCUT2D eigenvalue weighted by molar-refractivity contribution is -0.120. The lowest BCUT2D eigenvalue weighted by Gasteiger charge is -2.06. The van der Waals surface area contributed by atoms with Gasteiger partial charge >= 0.3 is 0 Å². The Balaban J connectivity index is 1.60. The van der Waals surface area contributed by atoms with Crippen molar-refractivity contribution in [2.75, 3.05) is 5.75 Å². The van der Waals surface area contributed by atoms with Gasteiger partial charge in [0.1, 0.15) is 0 Å². The Labute approximate surface area is 134 Å². The molecule has 0 aliphatic rings. The first-order valence-corrected chi connectivity index (χ1v) is 8.40. The first-order valence-electron chi connectivity index (χ1n) is 6.87. The van der Waals surface area contributed by atoms with Gasteiger partial charge in [0.25, 0.3) is 0 Å². The van der Waals surface area contributed by atoms with Crippen LogP contribution in [0.25, 0.3) is 0 Å². The second kappa shape index (κ2) is 8.75. The normalized spacial score (nSPS) is 10.3. The zero-order valence-corrected chi connectivity index (χ0v) is 13.3. The molecule has 0 heterocycles. The van der Waals surface area contributed by atoms with E-state index in [1.165, 1.54) is 5.56 Å². The molecule has 0 aromatic heterocycles. The van der Waals surface area contributed by atoms with Crippen LogP contribution in [0.4, 0.5) is 0 Å². The molecule has 0 saturated heterocycles. The molecular weight excluding hydrogens is 302 g/mol. The van der Waals surface area contributed by atoms with Crippen molar-refractivity contribution in [3.05, 3.63) is 70.7 Å². The maximum absolute atomic E-state index is 11.7. The van der Waals surface area contributed by atoms with Gasteiger partial charge in [-0.2, -0.15) is 11.8 Å². The Bertz CT molecular complexity index is 557. The van der Waals surface area contributed by atoms with E-state index in [4.69, 9.17) is 11.6 Å². The molecule has 2 aromatic rings. The Morgan fingerprint density at radius 2 is 1.71 bits per heavy atom. The van der Waals surface area contributed by atoms with Gasteiger partial charge in [-0.25, -0.2) is 0 Å². The van der Waals surface area contributed by atoms with Crippen LogP contribution in [0.5, 0.6) is 0 Å². The van der Waals surface area contributed by atoms with Crippen molar-refractivity contribution in [1.82, 2.24) is 5.32 Å². The van der Waals surface area contributed by atoms with Crippen LogP contribution in [0.15, 0.2) is 54.6 Å². The standard InChI is InChI=1S/C17H18ClNOS/c18-16-8-6-14(7-9-16)12-19-17(20)10-11-21-13-15-4-2-1-3-5-15/h1-9H,10-13H2,(H,19,20). The van der Waals surface area contributed by atoms with Crippen LogP contribution < -0.4 is 5.32 Å². The van der Waals surface area contributed by atoms with Gasteiger partial charge in [-0.15, -0.1) is 0 Å². The zero-order chi connectivity index (χ0) is 14.9. The lowest BCUT2D eigenvalue weighted by Crippen LogP contribution is -2.22. The van der Waals surface area contributed by atoms with E-state index in [0.717, 1.165) is 17.1 Å². The molecule has 110 valence electrons. The van der Waals surface area contributed by atoms with Crippen LogP contribution in [-0.2, 0) is 17.1 Å². The molecule has 0 aliphatic carbocycles. The van der Waals surface area contributed by atoms with E-state index in [9.17, 15) is 4.79 Å². The number of hydrogen-bond donors (Lipinski definition) is 1. The first-order chi connectivity index (χ1) is 10.2. The van der Waals surface area contributed by atoms with Crippen LogP contribution in [0.3, 0.4) is 0 Å². The van der Waals surface area contributed by atoms with Crippen LogP contribution >= 0.6 is 23.4 Å². The third kappa shape index (κ3) is 6.23. The van der Waals surface area contributed by atoms with Crippen molar-refractivity contribution in [1.29, 1.82) is 0 Å². The highest BCUT2D eigenvalue weighted by Crippen LogP contribution is 2.13. The number of hydrogen-bond acceptors (Lipinski definition) is 2. The molecule has 0 bridgehead atoms. The zero-order valence-electron chi connectivity index (χ0n) is 11.7. The maximum atomic E-state index is 11.7.